The van der Waals surface area contributed by atoms with Gasteiger partial charge in [0.1, 0.15) is 0 Å². The van der Waals surface area contributed by atoms with Gasteiger partial charge in [-0.25, -0.2) is 0 Å². The monoisotopic (exact) mass is 293 g/mol. The highest BCUT2D eigenvalue weighted by molar-refractivity contribution is 6.01. The predicted octanol–water partition coefficient (Wildman–Crippen LogP) is 2.54. The van der Waals surface area contributed by atoms with Gasteiger partial charge < -0.3 is 14.9 Å². The summed E-state index contributed by atoms with van der Waals surface area (Å²) in [5.74, 6) is 0.511. The van der Waals surface area contributed by atoms with Gasteiger partial charge in [0.15, 0.2) is 11.4 Å². The zero-order valence-corrected chi connectivity index (χ0v) is 12.6. The summed E-state index contributed by atoms with van der Waals surface area (Å²) in [6.07, 6.45) is 0.783. The maximum absolute atomic E-state index is 12.5. The summed E-state index contributed by atoms with van der Waals surface area (Å²) < 4.78 is 5.63. The number of hydrogen-bond acceptors (Lipinski definition) is 5. The van der Waals surface area contributed by atoms with E-state index in [9.17, 15) is 14.9 Å². The number of hydrogen-bond donors (Lipinski definition) is 0. The number of pyridine rings is 1. The Morgan fingerprint density at radius 1 is 1.43 bits per heavy atom. The molecular weight excluding hydrogens is 274 g/mol. The molecule has 0 spiro atoms. The van der Waals surface area contributed by atoms with Crippen LogP contribution in [0.15, 0.2) is 12.1 Å². The van der Waals surface area contributed by atoms with Crippen molar-refractivity contribution in [2.45, 2.75) is 39.7 Å². The summed E-state index contributed by atoms with van der Waals surface area (Å²) in [6.45, 7) is 7.93. The van der Waals surface area contributed by atoms with Gasteiger partial charge in [-0.2, -0.15) is 0 Å². The second-order valence-electron chi connectivity index (χ2n) is 6.00. The van der Waals surface area contributed by atoms with Crippen molar-refractivity contribution in [2.75, 3.05) is 11.4 Å². The van der Waals surface area contributed by atoms with Gasteiger partial charge >= 0.3 is 5.82 Å². The number of ether oxygens (including phenoxy) is 1. The number of nitrogens with zero attached hydrogens (tertiary/aromatic N) is 3. The number of anilines is 1. The molecule has 1 aromatic heterocycles. The maximum Gasteiger partial charge on any atom is 0.366 e. The zero-order valence-electron chi connectivity index (χ0n) is 12.6. The number of amides is 1. The smallest absolute Gasteiger partial charge is 0.366 e. The lowest BCUT2D eigenvalue weighted by Crippen LogP contribution is -2.53. The van der Waals surface area contributed by atoms with Crippen LogP contribution in [0.1, 0.15) is 34.1 Å². The molecule has 1 aliphatic rings. The molecule has 0 aliphatic carbocycles. The van der Waals surface area contributed by atoms with Crippen LogP contribution in [0.25, 0.3) is 0 Å². The minimum absolute atomic E-state index is 0.231. The van der Waals surface area contributed by atoms with Gasteiger partial charge in [0.25, 0.3) is 11.7 Å². The number of nitro groups is 1. The Kier molecular flexibility index (Phi) is 3.85. The van der Waals surface area contributed by atoms with E-state index < -0.39 is 10.5 Å². The van der Waals surface area contributed by atoms with Crippen LogP contribution in [0.4, 0.5) is 11.6 Å². The van der Waals surface area contributed by atoms with E-state index in [1.54, 1.807) is 13.8 Å². The normalized spacial score (nSPS) is 16.6. The highest BCUT2D eigenvalue weighted by Crippen LogP contribution is 2.37. The third-order valence-corrected chi connectivity index (χ3v) is 3.32. The van der Waals surface area contributed by atoms with Crippen LogP contribution in [0.5, 0.6) is 5.75 Å². The number of fused-ring (bicyclic) bond motifs is 1. The standard InChI is InChI=1S/C14H19N3O4/c1-9(2)7-8-16-12-10(21-14(3,4)13(16)18)5-6-11(15-12)17(19)20/h5-6,9H,7-8H2,1-4H3. The van der Waals surface area contributed by atoms with Crippen molar-refractivity contribution in [1.29, 1.82) is 0 Å². The fourth-order valence-electron chi connectivity index (χ4n) is 2.13. The van der Waals surface area contributed by atoms with Gasteiger partial charge in [-0.1, -0.05) is 13.8 Å². The average molecular weight is 293 g/mol. The molecule has 1 amide bonds. The highest BCUT2D eigenvalue weighted by Gasteiger charge is 2.44. The van der Waals surface area contributed by atoms with Crippen LogP contribution in [0.3, 0.4) is 0 Å². The van der Waals surface area contributed by atoms with E-state index in [-0.39, 0.29) is 17.5 Å². The van der Waals surface area contributed by atoms with E-state index in [1.165, 1.54) is 17.0 Å². The lowest BCUT2D eigenvalue weighted by molar-refractivity contribution is -0.389. The van der Waals surface area contributed by atoms with Crippen molar-refractivity contribution in [1.82, 2.24) is 4.98 Å². The van der Waals surface area contributed by atoms with Crippen molar-refractivity contribution in [3.8, 4) is 5.75 Å². The Labute approximate surface area is 123 Å². The number of carbonyl (C=O) groups excluding carboxylic acids is 1. The molecule has 1 aliphatic heterocycles. The quantitative estimate of drug-likeness (QED) is 0.629. The van der Waals surface area contributed by atoms with Crippen LogP contribution < -0.4 is 9.64 Å². The third-order valence-electron chi connectivity index (χ3n) is 3.32. The molecule has 2 heterocycles. The minimum atomic E-state index is -0.998. The molecule has 114 valence electrons. The van der Waals surface area contributed by atoms with E-state index in [1.807, 2.05) is 0 Å². The Balaban J connectivity index is 2.45. The van der Waals surface area contributed by atoms with Crippen molar-refractivity contribution in [2.24, 2.45) is 5.92 Å². The molecule has 1 aromatic rings. The van der Waals surface area contributed by atoms with Gasteiger partial charge in [-0.05, 0) is 42.2 Å². The van der Waals surface area contributed by atoms with Gasteiger partial charge in [0.05, 0.1) is 0 Å². The molecular formula is C14H19N3O4. The summed E-state index contributed by atoms with van der Waals surface area (Å²) in [5, 5.41) is 10.9. The summed E-state index contributed by atoms with van der Waals surface area (Å²) in [6, 6.07) is 2.78. The van der Waals surface area contributed by atoms with Gasteiger partial charge in [-0.3, -0.25) is 9.69 Å². The van der Waals surface area contributed by atoms with Crippen LogP contribution in [0, 0.1) is 16.0 Å². The van der Waals surface area contributed by atoms with Crippen molar-refractivity contribution >= 4 is 17.5 Å². The van der Waals surface area contributed by atoms with E-state index >= 15 is 0 Å². The van der Waals surface area contributed by atoms with E-state index in [0.29, 0.717) is 18.2 Å². The molecule has 7 nitrogen and oxygen atoms in total. The molecule has 0 N–H and O–H groups in total. The number of aromatic nitrogens is 1. The van der Waals surface area contributed by atoms with Crippen molar-refractivity contribution in [3.63, 3.8) is 0 Å². The molecule has 0 saturated heterocycles. The zero-order chi connectivity index (χ0) is 15.8. The first-order valence-corrected chi connectivity index (χ1v) is 6.89. The van der Waals surface area contributed by atoms with Crippen molar-refractivity contribution in [3.05, 3.63) is 22.2 Å². The third kappa shape index (κ3) is 2.96. The summed E-state index contributed by atoms with van der Waals surface area (Å²) in [4.78, 5) is 28.2. The molecule has 7 heteroatoms. The molecule has 0 saturated carbocycles. The first-order valence-electron chi connectivity index (χ1n) is 6.89. The van der Waals surface area contributed by atoms with Crippen LogP contribution in [-0.4, -0.2) is 28.0 Å². The van der Waals surface area contributed by atoms with Crippen molar-refractivity contribution < 1.29 is 14.5 Å². The largest absolute Gasteiger partial charge is 0.472 e. The molecule has 2 rings (SSSR count). The molecule has 0 bridgehead atoms. The first kappa shape index (κ1) is 15.2. The predicted molar refractivity (Wildman–Crippen MR) is 77.4 cm³/mol. The summed E-state index contributed by atoms with van der Waals surface area (Å²) >= 11 is 0. The minimum Gasteiger partial charge on any atom is -0.472 e. The van der Waals surface area contributed by atoms with E-state index in [2.05, 4.69) is 18.8 Å². The number of carbonyl (C=O) groups is 1. The lowest BCUT2D eigenvalue weighted by atomic mass is 10.0. The fraction of sp³-hybridized carbons (Fsp3) is 0.571. The second-order valence-corrected chi connectivity index (χ2v) is 6.00. The van der Waals surface area contributed by atoms with Crippen LogP contribution in [0.2, 0.25) is 0 Å². The molecule has 21 heavy (non-hydrogen) atoms. The topological polar surface area (TPSA) is 85.6 Å². The Morgan fingerprint density at radius 3 is 2.67 bits per heavy atom. The molecule has 0 unspecified atom stereocenters. The van der Waals surface area contributed by atoms with Crippen LogP contribution >= 0.6 is 0 Å². The number of rotatable bonds is 4. The van der Waals surface area contributed by atoms with E-state index in [4.69, 9.17) is 4.74 Å². The van der Waals surface area contributed by atoms with Gasteiger partial charge in [0, 0.05) is 12.6 Å². The molecule has 0 aromatic carbocycles. The second kappa shape index (κ2) is 5.31. The van der Waals surface area contributed by atoms with E-state index in [0.717, 1.165) is 6.42 Å². The lowest BCUT2D eigenvalue weighted by Gasteiger charge is -2.36. The highest BCUT2D eigenvalue weighted by atomic mass is 16.6. The molecule has 0 fully saturated rings. The summed E-state index contributed by atoms with van der Waals surface area (Å²) in [5.41, 5.74) is -0.998. The Morgan fingerprint density at radius 2 is 2.10 bits per heavy atom. The SMILES string of the molecule is CC(C)CCN1C(=O)C(C)(C)Oc2ccc([N+](=O)[O-])nc21. The average Bonchev–Trinajstić information content (AvgIpc) is 2.38. The van der Waals surface area contributed by atoms with Gasteiger partial charge in [-0.15, -0.1) is 0 Å². The van der Waals surface area contributed by atoms with Gasteiger partial charge in [0.2, 0.25) is 0 Å². The summed E-state index contributed by atoms with van der Waals surface area (Å²) in [7, 11) is 0. The molecule has 0 radical (unpaired) electrons. The first-order chi connectivity index (χ1) is 9.72. The van der Waals surface area contributed by atoms with Crippen LogP contribution in [-0.2, 0) is 4.79 Å². The Hall–Kier alpha value is -2.18. The maximum atomic E-state index is 12.5. The molecule has 0 atom stereocenters. The fourth-order valence-corrected chi connectivity index (χ4v) is 2.13. The Bertz CT molecular complexity index is 584.